The lowest BCUT2D eigenvalue weighted by Gasteiger charge is -1.97. The van der Waals surface area contributed by atoms with Crippen molar-refractivity contribution in [2.45, 2.75) is 32.6 Å². The molecule has 4 nitrogen and oxygen atoms in total. The zero-order chi connectivity index (χ0) is 10.4. The van der Waals surface area contributed by atoms with Crippen molar-refractivity contribution in [3.8, 4) is 0 Å². The number of nitrogens with zero attached hydrogens (tertiary/aromatic N) is 1. The largest absolute Gasteiger partial charge is 0.471 e. The average Bonchev–Trinajstić information content (AvgIpc) is 2.60. The first kappa shape index (κ1) is 11.0. The second kappa shape index (κ2) is 5.62. The summed E-state index contributed by atoms with van der Waals surface area (Å²) in [5.74, 6) is -0.820. The van der Waals surface area contributed by atoms with Crippen LogP contribution in [0.4, 0.5) is 0 Å². The van der Waals surface area contributed by atoms with Gasteiger partial charge in [0.25, 0.3) is 0 Å². The van der Waals surface area contributed by atoms with E-state index in [1.165, 1.54) is 19.3 Å². The average molecular weight is 200 g/mol. The molecule has 0 atom stereocenters. The number of carboxylic acid groups (broad SMARTS) is 1. The van der Waals surface area contributed by atoms with Gasteiger partial charge in [-0.1, -0.05) is 19.8 Å². The second-order valence-corrected chi connectivity index (χ2v) is 3.51. The Balaban J connectivity index is 2.34. The highest BCUT2D eigenvalue weighted by molar-refractivity contribution is 6.29. The molecule has 1 heterocycles. The molecule has 4 heteroatoms. The summed E-state index contributed by atoms with van der Waals surface area (Å²) < 4.78 is 6.84. The Kier molecular flexibility index (Phi) is 4.43. The third kappa shape index (κ3) is 3.01. The van der Waals surface area contributed by atoms with E-state index in [-0.39, 0.29) is 5.90 Å². The molecule has 0 radical (unpaired) electrons. The number of aliphatic carboxylic acids is 1. The zero-order valence-corrected chi connectivity index (χ0v) is 8.66. The predicted molar refractivity (Wildman–Crippen MR) is 52.7 cm³/mol. The number of carboxylic acids is 1. The van der Waals surface area contributed by atoms with Crippen LogP contribution in [0.5, 0.6) is 0 Å². The van der Waals surface area contributed by atoms with Crippen molar-refractivity contribution in [2.24, 2.45) is 0 Å². The Labute approximate surface area is 84.2 Å². The first-order chi connectivity index (χ1) is 6.75. The topological polar surface area (TPSA) is 49.5 Å². The van der Waals surface area contributed by atoms with Crippen LogP contribution >= 0.6 is 0 Å². The number of hydrogen-bond acceptors (Lipinski definition) is 2. The van der Waals surface area contributed by atoms with E-state index in [2.05, 4.69) is 6.92 Å². The minimum absolute atomic E-state index is 0.126. The third-order valence-corrected chi connectivity index (χ3v) is 2.35. The molecule has 0 amide bonds. The van der Waals surface area contributed by atoms with Crippen molar-refractivity contribution in [2.75, 3.05) is 19.7 Å². The molecule has 0 aliphatic carbocycles. The van der Waals surface area contributed by atoms with E-state index in [9.17, 15) is 4.79 Å². The van der Waals surface area contributed by atoms with Gasteiger partial charge in [0.05, 0.1) is 0 Å². The molecule has 0 aromatic heterocycles. The number of carbonyl (C=O) groups is 1. The van der Waals surface area contributed by atoms with Crippen LogP contribution < -0.4 is 0 Å². The van der Waals surface area contributed by atoms with Gasteiger partial charge in [-0.2, -0.15) is 4.58 Å². The van der Waals surface area contributed by atoms with Gasteiger partial charge in [0, 0.05) is 6.42 Å². The number of hydrogen-bond donors (Lipinski definition) is 1. The van der Waals surface area contributed by atoms with E-state index in [0.717, 1.165) is 13.0 Å². The van der Waals surface area contributed by atoms with Crippen molar-refractivity contribution >= 4 is 11.9 Å². The summed E-state index contributed by atoms with van der Waals surface area (Å²) >= 11 is 0. The van der Waals surface area contributed by atoms with Crippen LogP contribution in [0.1, 0.15) is 32.6 Å². The van der Waals surface area contributed by atoms with Crippen molar-refractivity contribution < 1.29 is 19.2 Å². The first-order valence-corrected chi connectivity index (χ1v) is 5.23. The lowest BCUT2D eigenvalue weighted by Crippen LogP contribution is -2.24. The van der Waals surface area contributed by atoms with E-state index < -0.39 is 5.97 Å². The van der Waals surface area contributed by atoms with Gasteiger partial charge in [-0.3, -0.25) is 0 Å². The SMILES string of the molecule is CCCCCC[N+]1=C(C(=O)O)OCC1. The van der Waals surface area contributed by atoms with Crippen LogP contribution in [0.15, 0.2) is 0 Å². The molecular weight excluding hydrogens is 182 g/mol. The Morgan fingerprint density at radius 1 is 1.50 bits per heavy atom. The molecule has 1 aliphatic rings. The van der Waals surface area contributed by atoms with Crippen molar-refractivity contribution in [3.63, 3.8) is 0 Å². The maximum absolute atomic E-state index is 10.7. The highest BCUT2D eigenvalue weighted by atomic mass is 16.5. The normalized spacial score (nSPS) is 15.8. The van der Waals surface area contributed by atoms with E-state index in [4.69, 9.17) is 9.84 Å². The molecule has 14 heavy (non-hydrogen) atoms. The molecule has 0 saturated carbocycles. The Morgan fingerprint density at radius 2 is 2.29 bits per heavy atom. The van der Waals surface area contributed by atoms with E-state index >= 15 is 0 Å². The molecule has 1 aliphatic heterocycles. The molecule has 1 N–H and O–H groups in total. The summed E-state index contributed by atoms with van der Waals surface area (Å²) in [4.78, 5) is 10.7. The highest BCUT2D eigenvalue weighted by Gasteiger charge is 2.30. The van der Waals surface area contributed by atoms with Gasteiger partial charge >= 0.3 is 11.9 Å². The van der Waals surface area contributed by atoms with Crippen LogP contribution in [0.2, 0.25) is 0 Å². The third-order valence-electron chi connectivity index (χ3n) is 2.35. The fourth-order valence-electron chi connectivity index (χ4n) is 1.59. The summed E-state index contributed by atoms with van der Waals surface area (Å²) in [6.45, 7) is 4.19. The molecule has 0 spiro atoms. The number of ether oxygens (including phenoxy) is 1. The zero-order valence-electron chi connectivity index (χ0n) is 8.66. The van der Waals surface area contributed by atoms with Crippen molar-refractivity contribution in [1.29, 1.82) is 0 Å². The lowest BCUT2D eigenvalue weighted by atomic mass is 10.2. The molecule has 0 saturated heterocycles. The van der Waals surface area contributed by atoms with Gasteiger partial charge in [0.15, 0.2) is 13.2 Å². The Hall–Kier alpha value is -1.06. The molecule has 0 unspecified atom stereocenters. The van der Waals surface area contributed by atoms with Crippen LogP contribution in [0.25, 0.3) is 0 Å². The summed E-state index contributed by atoms with van der Waals surface area (Å²) in [6.07, 6.45) is 4.64. The first-order valence-electron chi connectivity index (χ1n) is 5.23. The molecule has 0 bridgehead atoms. The van der Waals surface area contributed by atoms with Gasteiger partial charge in [-0.05, 0) is 6.42 Å². The molecule has 1 rings (SSSR count). The number of rotatable bonds is 6. The quantitative estimate of drug-likeness (QED) is 0.516. The fraction of sp³-hybridized carbons (Fsp3) is 0.800. The molecular formula is C10H18NO3+. The summed E-state index contributed by atoms with van der Waals surface area (Å²) in [7, 11) is 0. The van der Waals surface area contributed by atoms with Gasteiger partial charge in [-0.15, -0.1) is 0 Å². The van der Waals surface area contributed by atoms with Crippen LogP contribution in [-0.2, 0) is 9.53 Å². The van der Waals surface area contributed by atoms with Crippen molar-refractivity contribution in [1.82, 2.24) is 0 Å². The maximum Gasteiger partial charge on any atom is 0.450 e. The molecule has 80 valence electrons. The maximum atomic E-state index is 10.7. The van der Waals surface area contributed by atoms with Crippen molar-refractivity contribution in [3.05, 3.63) is 0 Å². The minimum atomic E-state index is -0.946. The van der Waals surface area contributed by atoms with E-state index in [1.807, 2.05) is 4.58 Å². The van der Waals surface area contributed by atoms with Crippen LogP contribution in [0.3, 0.4) is 0 Å². The molecule has 0 aromatic carbocycles. The van der Waals surface area contributed by atoms with Gasteiger partial charge in [0.2, 0.25) is 0 Å². The summed E-state index contributed by atoms with van der Waals surface area (Å²) in [5, 5.41) is 8.78. The van der Waals surface area contributed by atoms with E-state index in [0.29, 0.717) is 13.2 Å². The smallest absolute Gasteiger partial charge is 0.450 e. The monoisotopic (exact) mass is 200 g/mol. The second-order valence-electron chi connectivity index (χ2n) is 3.51. The molecule has 0 fully saturated rings. The Morgan fingerprint density at radius 3 is 2.93 bits per heavy atom. The van der Waals surface area contributed by atoms with Gasteiger partial charge in [-0.25, -0.2) is 4.79 Å². The summed E-state index contributed by atoms with van der Waals surface area (Å²) in [6, 6.07) is 0. The van der Waals surface area contributed by atoms with Gasteiger partial charge in [0.1, 0.15) is 6.54 Å². The minimum Gasteiger partial charge on any atom is -0.471 e. The van der Waals surface area contributed by atoms with E-state index in [1.54, 1.807) is 0 Å². The fourth-order valence-corrected chi connectivity index (χ4v) is 1.59. The number of unbranched alkanes of at least 4 members (excludes halogenated alkanes) is 3. The Bertz CT molecular complexity index is 236. The van der Waals surface area contributed by atoms with Gasteiger partial charge < -0.3 is 9.84 Å². The molecule has 0 aromatic rings. The highest BCUT2D eigenvalue weighted by Crippen LogP contribution is 2.02. The van der Waals surface area contributed by atoms with Crippen LogP contribution in [0, 0.1) is 0 Å². The summed E-state index contributed by atoms with van der Waals surface area (Å²) in [5.41, 5.74) is 0. The standard InChI is InChI=1S/C10H17NO3/c1-2-3-4-5-6-11-7-8-14-9(11)10(12)13/h2-8H2,1H3/p+1. The predicted octanol–water partition coefficient (Wildman–Crippen LogP) is 1.09. The van der Waals surface area contributed by atoms with Crippen LogP contribution in [-0.4, -0.2) is 41.2 Å². The lowest BCUT2D eigenvalue weighted by molar-refractivity contribution is -0.518.